The van der Waals surface area contributed by atoms with Crippen LogP contribution in [0.2, 0.25) is 0 Å². The zero-order valence-corrected chi connectivity index (χ0v) is 11.0. The van der Waals surface area contributed by atoms with E-state index in [2.05, 4.69) is 5.32 Å². The highest BCUT2D eigenvalue weighted by atomic mass is 19.4. The fourth-order valence-electron chi connectivity index (χ4n) is 1.69. The van der Waals surface area contributed by atoms with Crippen LogP contribution in [0.15, 0.2) is 24.3 Å². The third-order valence-electron chi connectivity index (χ3n) is 2.81. The van der Waals surface area contributed by atoms with Crippen LogP contribution in [0.5, 0.6) is 0 Å². The molecule has 1 rings (SSSR count). The summed E-state index contributed by atoms with van der Waals surface area (Å²) in [5.74, 6) is -0.403. The van der Waals surface area contributed by atoms with Crippen LogP contribution >= 0.6 is 0 Å². The first-order valence-corrected chi connectivity index (χ1v) is 6.03. The van der Waals surface area contributed by atoms with E-state index >= 15 is 0 Å². The molecule has 0 aliphatic carbocycles. The van der Waals surface area contributed by atoms with E-state index < -0.39 is 23.8 Å². The summed E-state index contributed by atoms with van der Waals surface area (Å²) in [6, 6.07) is 5.12. The van der Waals surface area contributed by atoms with Gasteiger partial charge in [0.05, 0.1) is 18.1 Å². The first kappa shape index (κ1) is 16.5. The summed E-state index contributed by atoms with van der Waals surface area (Å²) in [5, 5.41) is 2.44. The lowest BCUT2D eigenvalue weighted by Gasteiger charge is -2.15. The number of amides is 1. The minimum Gasteiger partial charge on any atom is -0.380 e. The molecule has 1 atom stereocenters. The van der Waals surface area contributed by atoms with Crippen molar-refractivity contribution in [2.45, 2.75) is 25.2 Å². The molecule has 7 heteroatoms. The van der Waals surface area contributed by atoms with E-state index in [1.807, 2.05) is 0 Å². The molecular formula is C13H17F3N2O2. The van der Waals surface area contributed by atoms with Crippen molar-refractivity contribution in [1.29, 1.82) is 0 Å². The Kier molecular flexibility index (Phi) is 5.97. The fourth-order valence-corrected chi connectivity index (χ4v) is 1.69. The molecule has 1 unspecified atom stereocenters. The lowest BCUT2D eigenvalue weighted by molar-refractivity contribution is -0.138. The molecule has 0 aliphatic rings. The van der Waals surface area contributed by atoms with E-state index in [9.17, 15) is 18.0 Å². The molecule has 112 valence electrons. The highest BCUT2D eigenvalue weighted by Crippen LogP contribution is 2.31. The number of nitrogens with one attached hydrogen (secondary N) is 1. The third kappa shape index (κ3) is 4.82. The fraction of sp³-hybridized carbons (Fsp3) is 0.462. The van der Waals surface area contributed by atoms with E-state index in [-0.39, 0.29) is 25.1 Å². The van der Waals surface area contributed by atoms with Crippen LogP contribution in [-0.2, 0) is 22.3 Å². The van der Waals surface area contributed by atoms with E-state index in [4.69, 9.17) is 10.5 Å². The average molecular weight is 290 g/mol. The smallest absolute Gasteiger partial charge is 0.380 e. The van der Waals surface area contributed by atoms with Crippen LogP contribution in [-0.4, -0.2) is 25.7 Å². The Hall–Kier alpha value is -1.60. The molecular weight excluding hydrogens is 273 g/mol. The van der Waals surface area contributed by atoms with Gasteiger partial charge in [-0.1, -0.05) is 18.2 Å². The first-order chi connectivity index (χ1) is 9.38. The molecule has 0 saturated carbocycles. The molecule has 0 saturated heterocycles. The molecule has 3 N–H and O–H groups in total. The highest BCUT2D eigenvalue weighted by Gasteiger charge is 2.32. The van der Waals surface area contributed by atoms with E-state index in [1.165, 1.54) is 25.3 Å². The first-order valence-electron chi connectivity index (χ1n) is 6.03. The molecule has 1 aromatic rings. The van der Waals surface area contributed by atoms with Crippen LogP contribution in [0, 0.1) is 0 Å². The predicted octanol–water partition coefficient (Wildman–Crippen LogP) is 1.69. The summed E-state index contributed by atoms with van der Waals surface area (Å²) < 4.78 is 43.2. The molecule has 1 aromatic carbocycles. The van der Waals surface area contributed by atoms with Gasteiger partial charge in [-0.3, -0.25) is 4.79 Å². The Labute approximate surface area is 115 Å². The second kappa shape index (κ2) is 7.25. The van der Waals surface area contributed by atoms with Crippen molar-refractivity contribution < 1.29 is 22.7 Å². The van der Waals surface area contributed by atoms with Crippen molar-refractivity contribution in [3.05, 3.63) is 35.4 Å². The largest absolute Gasteiger partial charge is 0.416 e. The number of nitrogens with two attached hydrogens (primary N) is 1. The molecule has 4 nitrogen and oxygen atoms in total. The van der Waals surface area contributed by atoms with Gasteiger partial charge < -0.3 is 15.8 Å². The third-order valence-corrected chi connectivity index (χ3v) is 2.81. The maximum absolute atomic E-state index is 12.7. The number of alkyl halides is 3. The Morgan fingerprint density at radius 3 is 2.60 bits per heavy atom. The Morgan fingerprint density at radius 1 is 1.40 bits per heavy atom. The summed E-state index contributed by atoms with van der Waals surface area (Å²) in [4.78, 5) is 11.6. The summed E-state index contributed by atoms with van der Waals surface area (Å²) in [6.07, 6.45) is -4.86. The van der Waals surface area contributed by atoms with Crippen molar-refractivity contribution in [3.8, 4) is 0 Å². The summed E-state index contributed by atoms with van der Waals surface area (Å²) in [7, 11) is 1.42. The minimum atomic E-state index is -4.44. The number of carbonyl (C=O) groups is 1. The van der Waals surface area contributed by atoms with Crippen LogP contribution in [0.4, 0.5) is 13.2 Å². The Bertz CT molecular complexity index is 445. The van der Waals surface area contributed by atoms with Crippen molar-refractivity contribution in [1.82, 2.24) is 5.32 Å². The van der Waals surface area contributed by atoms with Gasteiger partial charge in [-0.15, -0.1) is 0 Å². The normalized spacial score (nSPS) is 13.1. The SMILES string of the molecule is COC(CN)CC(=O)NCc1ccccc1C(F)(F)F. The topological polar surface area (TPSA) is 64.3 Å². The molecule has 0 aromatic heterocycles. The van der Waals surface area contributed by atoms with Crippen molar-refractivity contribution in [2.75, 3.05) is 13.7 Å². The number of benzene rings is 1. The van der Waals surface area contributed by atoms with Gasteiger partial charge >= 0.3 is 6.18 Å². The number of methoxy groups -OCH3 is 1. The summed E-state index contributed by atoms with van der Waals surface area (Å²) in [5.41, 5.74) is 4.64. The standard InChI is InChI=1S/C13H17F3N2O2/c1-20-10(7-17)6-12(19)18-8-9-4-2-3-5-11(9)13(14,15)16/h2-5,10H,6-8,17H2,1H3,(H,18,19). The second-order valence-electron chi connectivity index (χ2n) is 4.23. The predicted molar refractivity (Wildman–Crippen MR) is 67.8 cm³/mol. The van der Waals surface area contributed by atoms with Crippen LogP contribution in [0.3, 0.4) is 0 Å². The highest BCUT2D eigenvalue weighted by molar-refractivity contribution is 5.76. The van der Waals surface area contributed by atoms with Crippen LogP contribution in [0.25, 0.3) is 0 Å². The monoisotopic (exact) mass is 290 g/mol. The van der Waals surface area contributed by atoms with Crippen molar-refractivity contribution in [3.63, 3.8) is 0 Å². The zero-order chi connectivity index (χ0) is 15.2. The Morgan fingerprint density at radius 2 is 2.05 bits per heavy atom. The van der Waals surface area contributed by atoms with Crippen molar-refractivity contribution in [2.24, 2.45) is 5.73 Å². The Balaban J connectivity index is 2.64. The maximum Gasteiger partial charge on any atom is 0.416 e. The van der Waals surface area contributed by atoms with Gasteiger partial charge in [-0.25, -0.2) is 0 Å². The summed E-state index contributed by atoms with van der Waals surface area (Å²) in [6.45, 7) is -0.0153. The second-order valence-corrected chi connectivity index (χ2v) is 4.23. The van der Waals surface area contributed by atoms with Crippen molar-refractivity contribution >= 4 is 5.91 Å². The number of hydrogen-bond donors (Lipinski definition) is 2. The van der Waals surface area contributed by atoms with Gasteiger partial charge in [0, 0.05) is 20.2 Å². The molecule has 0 spiro atoms. The lowest BCUT2D eigenvalue weighted by Crippen LogP contribution is -2.32. The van der Waals surface area contributed by atoms with Gasteiger partial charge in [0.1, 0.15) is 0 Å². The molecule has 0 radical (unpaired) electrons. The van der Waals surface area contributed by atoms with E-state index in [0.717, 1.165) is 6.07 Å². The number of halogens is 3. The van der Waals surface area contributed by atoms with Gasteiger partial charge in [0.15, 0.2) is 0 Å². The van der Waals surface area contributed by atoms with Gasteiger partial charge in [-0.05, 0) is 11.6 Å². The van der Waals surface area contributed by atoms with Gasteiger partial charge in [0.25, 0.3) is 0 Å². The summed E-state index contributed by atoms with van der Waals surface area (Å²) >= 11 is 0. The number of rotatable bonds is 6. The molecule has 0 aliphatic heterocycles. The molecule has 0 bridgehead atoms. The molecule has 0 heterocycles. The van der Waals surface area contributed by atoms with Gasteiger partial charge in [0.2, 0.25) is 5.91 Å². The minimum absolute atomic E-state index is 0.0151. The van der Waals surface area contributed by atoms with Gasteiger partial charge in [-0.2, -0.15) is 13.2 Å². The quantitative estimate of drug-likeness (QED) is 0.838. The average Bonchev–Trinajstić information content (AvgIpc) is 2.41. The zero-order valence-electron chi connectivity index (χ0n) is 11.0. The van der Waals surface area contributed by atoms with E-state index in [0.29, 0.717) is 0 Å². The maximum atomic E-state index is 12.7. The van der Waals surface area contributed by atoms with Crippen LogP contribution < -0.4 is 11.1 Å². The van der Waals surface area contributed by atoms with E-state index in [1.54, 1.807) is 0 Å². The van der Waals surface area contributed by atoms with Crippen LogP contribution in [0.1, 0.15) is 17.5 Å². The number of ether oxygens (including phenoxy) is 1. The molecule has 0 fully saturated rings. The number of carbonyl (C=O) groups excluding carboxylic acids is 1. The number of hydrogen-bond acceptors (Lipinski definition) is 3. The molecule has 20 heavy (non-hydrogen) atoms. The lowest BCUT2D eigenvalue weighted by atomic mass is 10.1. The molecule has 1 amide bonds.